The zero-order valence-electron chi connectivity index (χ0n) is 14.1. The zero-order chi connectivity index (χ0) is 20.1. The molecule has 2 radical (unpaired) electrons. The molecule has 1 aromatic heterocycles. The number of rotatable bonds is 7. The lowest BCUT2D eigenvalue weighted by Crippen LogP contribution is -2.31. The molecule has 7 nitrogen and oxygen atoms in total. The van der Waals surface area contributed by atoms with Crippen LogP contribution < -0.4 is 16.3 Å². The first-order valence-electron chi connectivity index (χ1n) is 7.62. The van der Waals surface area contributed by atoms with Gasteiger partial charge in [0.25, 0.3) is 5.91 Å². The summed E-state index contributed by atoms with van der Waals surface area (Å²) < 4.78 is 29.0. The van der Waals surface area contributed by atoms with Crippen molar-refractivity contribution in [3.05, 3.63) is 45.6 Å². The third-order valence-corrected chi connectivity index (χ3v) is 3.85. The molecule has 0 aliphatic heterocycles. The summed E-state index contributed by atoms with van der Waals surface area (Å²) >= 11 is 3.24. The Bertz CT molecular complexity index is 857. The molecule has 0 spiro atoms. The molecule has 2 aromatic rings. The topological polar surface area (TPSA) is 104 Å². The Morgan fingerprint density at radius 1 is 1.41 bits per heavy atom. The highest BCUT2D eigenvalue weighted by molar-refractivity contribution is 9.10. The van der Waals surface area contributed by atoms with Crippen LogP contribution in [0.2, 0.25) is 0 Å². The largest absolute Gasteiger partial charge is 0.394 e. The third kappa shape index (κ3) is 5.22. The average Bonchev–Trinajstić information content (AvgIpc) is 2.63. The molecule has 11 heteroatoms. The second-order valence-corrected chi connectivity index (χ2v) is 6.45. The molecule has 1 heterocycles. The summed E-state index contributed by atoms with van der Waals surface area (Å²) in [5, 5.41) is 20.5. The number of hydrogen-bond donors (Lipinski definition) is 4. The molecular weight excluding hydrogens is 427 g/mol. The molecule has 0 unspecified atom stereocenters. The van der Waals surface area contributed by atoms with Crippen LogP contribution in [0.1, 0.15) is 15.9 Å². The number of aryl methyl sites for hydroxylation is 1. The summed E-state index contributed by atoms with van der Waals surface area (Å²) in [6.45, 7) is 0.706. The van der Waals surface area contributed by atoms with Gasteiger partial charge in [0.05, 0.1) is 17.9 Å². The lowest BCUT2D eigenvalue weighted by Gasteiger charge is -2.16. The summed E-state index contributed by atoms with van der Waals surface area (Å²) in [6.07, 6.45) is 0.229. The highest BCUT2D eigenvalue weighted by atomic mass is 79.9. The van der Waals surface area contributed by atoms with Gasteiger partial charge < -0.3 is 15.5 Å². The lowest BCUT2D eigenvalue weighted by molar-refractivity contribution is -0.0295. The number of carbonyl (C=O) groups is 1. The normalized spacial score (nSPS) is 11.9. The second kappa shape index (κ2) is 9.22. The molecule has 0 saturated carbocycles. The number of aliphatic hydroxyl groups excluding tert-OH is 2. The lowest BCUT2D eigenvalue weighted by atomic mass is 9.92. The summed E-state index contributed by atoms with van der Waals surface area (Å²) in [6, 6.07) is 2.64. The molecule has 1 atom stereocenters. The molecule has 1 aromatic carbocycles. The number of amides is 1. The van der Waals surface area contributed by atoms with E-state index in [-0.39, 0.29) is 11.4 Å². The van der Waals surface area contributed by atoms with Gasteiger partial charge in [-0.1, -0.05) is 11.5 Å². The number of anilines is 2. The van der Waals surface area contributed by atoms with Gasteiger partial charge in [-0.2, -0.15) is 0 Å². The summed E-state index contributed by atoms with van der Waals surface area (Å²) in [7, 11) is 5.41. The second-order valence-electron chi connectivity index (χ2n) is 5.54. The van der Waals surface area contributed by atoms with Crippen molar-refractivity contribution in [3.63, 3.8) is 0 Å². The van der Waals surface area contributed by atoms with E-state index in [9.17, 15) is 18.7 Å². The van der Waals surface area contributed by atoms with Gasteiger partial charge in [-0.25, -0.2) is 19.2 Å². The number of benzene rings is 1. The fraction of sp³-hybridized carbons (Fsp3) is 0.250. The monoisotopic (exact) mass is 441 g/mol. The maximum atomic E-state index is 14.4. The predicted octanol–water partition coefficient (Wildman–Crippen LogP) is 0.983. The molecule has 0 aliphatic rings. The maximum Gasteiger partial charge on any atom is 0.277 e. The average molecular weight is 442 g/mol. The zero-order valence-corrected chi connectivity index (χ0v) is 15.7. The van der Waals surface area contributed by atoms with Crippen LogP contribution >= 0.6 is 15.9 Å². The smallest absolute Gasteiger partial charge is 0.277 e. The molecule has 0 bridgehead atoms. The van der Waals surface area contributed by atoms with E-state index in [0.29, 0.717) is 10.0 Å². The maximum absolute atomic E-state index is 14.4. The Labute approximate surface area is 163 Å². The molecule has 4 N–H and O–H groups in total. The van der Waals surface area contributed by atoms with Crippen molar-refractivity contribution >= 4 is 46.7 Å². The number of nitrogens with zero attached hydrogens (tertiary/aromatic N) is 1. The minimum absolute atomic E-state index is 0.201. The number of aliphatic hydroxyl groups is 2. The molecule has 0 fully saturated rings. The molecule has 2 rings (SSSR count). The number of hydrogen-bond acceptors (Lipinski definition) is 6. The van der Waals surface area contributed by atoms with Gasteiger partial charge in [-0.05, 0) is 34.5 Å². The van der Waals surface area contributed by atoms with Crippen LogP contribution in [0.4, 0.5) is 20.3 Å². The van der Waals surface area contributed by atoms with Gasteiger partial charge in [-0.15, -0.1) is 0 Å². The van der Waals surface area contributed by atoms with Crippen LogP contribution in [-0.4, -0.2) is 48.3 Å². The van der Waals surface area contributed by atoms with Crippen molar-refractivity contribution < 1.29 is 28.6 Å². The summed E-state index contributed by atoms with van der Waals surface area (Å²) in [5.41, 5.74) is 1.18. The Morgan fingerprint density at radius 3 is 2.74 bits per heavy atom. The van der Waals surface area contributed by atoms with Gasteiger partial charge in [0.2, 0.25) is 0 Å². The number of carbonyl (C=O) groups excluding carboxylic acids is 1. The highest BCUT2D eigenvalue weighted by Crippen LogP contribution is 2.27. The molecule has 27 heavy (non-hydrogen) atoms. The van der Waals surface area contributed by atoms with E-state index in [4.69, 9.17) is 17.8 Å². The number of nitrogens with one attached hydrogen (secondary N) is 2. The fourth-order valence-corrected chi connectivity index (χ4v) is 2.49. The SMILES string of the molecule is [B]c1cc(C(=O)NOC[C@H](O)CO)c(Nc2ncc(Br)cc2C)c(F)c1F. The number of pyridine rings is 1. The van der Waals surface area contributed by atoms with E-state index < -0.39 is 48.0 Å². The van der Waals surface area contributed by atoms with E-state index in [0.717, 1.165) is 6.07 Å². The number of halogens is 3. The van der Waals surface area contributed by atoms with Gasteiger partial charge in [-0.3, -0.25) is 9.63 Å². The van der Waals surface area contributed by atoms with Gasteiger partial charge in [0.15, 0.2) is 11.6 Å². The van der Waals surface area contributed by atoms with Crippen LogP contribution in [-0.2, 0) is 4.84 Å². The molecule has 1 amide bonds. The van der Waals surface area contributed by atoms with Crippen molar-refractivity contribution in [2.75, 3.05) is 18.5 Å². The van der Waals surface area contributed by atoms with E-state index in [1.165, 1.54) is 6.20 Å². The molecule has 0 aliphatic carbocycles. The summed E-state index contributed by atoms with van der Waals surface area (Å²) in [4.78, 5) is 21.1. The molecular formula is C16H15BBrF2N3O4. The van der Waals surface area contributed by atoms with Crippen LogP contribution in [0, 0.1) is 18.6 Å². The van der Waals surface area contributed by atoms with Gasteiger partial charge in [0, 0.05) is 10.7 Å². The van der Waals surface area contributed by atoms with Crippen LogP contribution in [0.15, 0.2) is 22.8 Å². The Morgan fingerprint density at radius 2 is 2.11 bits per heavy atom. The van der Waals surface area contributed by atoms with Crippen molar-refractivity contribution in [2.24, 2.45) is 0 Å². The Hall–Kier alpha value is -2.08. The summed E-state index contributed by atoms with van der Waals surface area (Å²) in [5.74, 6) is -3.42. The van der Waals surface area contributed by atoms with Gasteiger partial charge >= 0.3 is 0 Å². The standard InChI is InChI=1S/C16H15BBrF2N3O4/c1-7-2-8(18)4-21-15(7)22-14-10(3-11(17)12(19)13(14)20)16(26)23-27-6-9(25)5-24/h2-4,9,24-25H,5-6H2,1H3,(H,21,22)(H,23,26)/t9-/m1/s1. The minimum atomic E-state index is -1.36. The minimum Gasteiger partial charge on any atom is -0.394 e. The first kappa shape index (κ1) is 21.2. The molecule has 0 saturated heterocycles. The van der Waals surface area contributed by atoms with Crippen LogP contribution in [0.25, 0.3) is 0 Å². The van der Waals surface area contributed by atoms with E-state index in [2.05, 4.69) is 26.2 Å². The molecule has 142 valence electrons. The predicted molar refractivity (Wildman–Crippen MR) is 98.2 cm³/mol. The quantitative estimate of drug-likeness (QED) is 0.377. The van der Waals surface area contributed by atoms with Crippen molar-refractivity contribution in [1.29, 1.82) is 0 Å². The first-order valence-corrected chi connectivity index (χ1v) is 8.41. The van der Waals surface area contributed by atoms with E-state index >= 15 is 0 Å². The van der Waals surface area contributed by atoms with Crippen molar-refractivity contribution in [3.8, 4) is 0 Å². The van der Waals surface area contributed by atoms with Crippen molar-refractivity contribution in [2.45, 2.75) is 13.0 Å². The number of hydroxylamine groups is 1. The first-order chi connectivity index (χ1) is 12.7. The van der Waals surface area contributed by atoms with Crippen LogP contribution in [0.5, 0.6) is 0 Å². The van der Waals surface area contributed by atoms with Gasteiger partial charge in [0.1, 0.15) is 26.4 Å². The Kier molecular flexibility index (Phi) is 7.25. The van der Waals surface area contributed by atoms with Crippen LogP contribution in [0.3, 0.4) is 0 Å². The van der Waals surface area contributed by atoms with E-state index in [1.807, 2.05) is 5.48 Å². The number of aromatic nitrogens is 1. The van der Waals surface area contributed by atoms with E-state index in [1.54, 1.807) is 13.0 Å². The third-order valence-electron chi connectivity index (χ3n) is 3.42. The Balaban J connectivity index is 2.34. The van der Waals surface area contributed by atoms with Crippen molar-refractivity contribution in [1.82, 2.24) is 10.5 Å². The fourth-order valence-electron chi connectivity index (χ4n) is 2.05. The highest BCUT2D eigenvalue weighted by Gasteiger charge is 2.22.